The van der Waals surface area contributed by atoms with E-state index in [0.29, 0.717) is 49.1 Å². The predicted octanol–water partition coefficient (Wildman–Crippen LogP) is 0.791. The highest BCUT2D eigenvalue weighted by Crippen LogP contribution is 2.40. The lowest BCUT2D eigenvalue weighted by Crippen LogP contribution is -2.31. The molecule has 1 aliphatic rings. The molecule has 0 bridgehead atoms. The minimum atomic E-state index is -0.180. The largest absolute Gasteiger partial charge is 0.493 e. The maximum Gasteiger partial charge on any atom is 0.251 e. The van der Waals surface area contributed by atoms with E-state index < -0.39 is 0 Å². The van der Waals surface area contributed by atoms with Crippen LogP contribution in [0.5, 0.6) is 17.2 Å². The first-order valence-electron chi connectivity index (χ1n) is 6.61. The summed E-state index contributed by atoms with van der Waals surface area (Å²) in [6.07, 6.45) is 0. The average molecular weight is 280 g/mol. The molecule has 1 aromatic carbocycles. The van der Waals surface area contributed by atoms with Crippen molar-refractivity contribution in [2.45, 2.75) is 6.92 Å². The lowest BCUT2D eigenvalue weighted by atomic mass is 10.1. The quantitative estimate of drug-likeness (QED) is 0.833. The van der Waals surface area contributed by atoms with Gasteiger partial charge in [0.2, 0.25) is 5.75 Å². The zero-order valence-electron chi connectivity index (χ0n) is 11.8. The number of fused-ring (bicyclic) bond motifs is 1. The van der Waals surface area contributed by atoms with Gasteiger partial charge in [-0.05, 0) is 24.6 Å². The highest BCUT2D eigenvalue weighted by molar-refractivity contribution is 5.95. The van der Waals surface area contributed by atoms with Crippen LogP contribution in [0.1, 0.15) is 17.3 Å². The lowest BCUT2D eigenvalue weighted by Gasteiger charge is -2.21. The summed E-state index contributed by atoms with van der Waals surface area (Å²) in [4.78, 5) is 12.1. The van der Waals surface area contributed by atoms with E-state index in [9.17, 15) is 4.79 Å². The van der Waals surface area contributed by atoms with Crippen molar-refractivity contribution in [1.82, 2.24) is 5.32 Å². The van der Waals surface area contributed by atoms with Gasteiger partial charge in [-0.15, -0.1) is 0 Å². The van der Waals surface area contributed by atoms with Gasteiger partial charge in [-0.25, -0.2) is 0 Å². The van der Waals surface area contributed by atoms with Gasteiger partial charge in [0.05, 0.1) is 7.11 Å². The molecule has 1 unspecified atom stereocenters. The Kier molecular flexibility index (Phi) is 4.68. The number of hydrogen-bond donors (Lipinski definition) is 2. The number of nitrogens with one attached hydrogen (secondary N) is 1. The molecule has 20 heavy (non-hydrogen) atoms. The average Bonchev–Trinajstić information content (AvgIpc) is 2.50. The van der Waals surface area contributed by atoms with E-state index in [1.54, 1.807) is 12.1 Å². The van der Waals surface area contributed by atoms with Crippen LogP contribution in [0.4, 0.5) is 0 Å². The molecule has 0 aromatic heterocycles. The third kappa shape index (κ3) is 3.14. The first kappa shape index (κ1) is 14.5. The fraction of sp³-hybridized carbons (Fsp3) is 0.500. The fourth-order valence-electron chi connectivity index (χ4n) is 1.86. The molecule has 3 N–H and O–H groups in total. The Morgan fingerprint density at radius 3 is 2.90 bits per heavy atom. The first-order chi connectivity index (χ1) is 9.65. The van der Waals surface area contributed by atoms with Gasteiger partial charge < -0.3 is 25.3 Å². The summed E-state index contributed by atoms with van der Waals surface area (Å²) in [5.74, 6) is 1.64. The van der Waals surface area contributed by atoms with Crippen molar-refractivity contribution in [2.24, 2.45) is 11.7 Å². The molecule has 1 aromatic rings. The van der Waals surface area contributed by atoms with Crippen molar-refractivity contribution in [3.8, 4) is 17.2 Å². The van der Waals surface area contributed by atoms with E-state index in [1.807, 2.05) is 6.92 Å². The highest BCUT2D eigenvalue weighted by Gasteiger charge is 2.20. The van der Waals surface area contributed by atoms with Crippen LogP contribution < -0.4 is 25.3 Å². The van der Waals surface area contributed by atoms with Gasteiger partial charge in [-0.3, -0.25) is 4.79 Å². The standard InChI is InChI=1S/C14H20N2O4/c1-9(7-15)8-16-14(17)10-5-11(18-2)13-12(6-10)19-3-4-20-13/h5-6,9H,3-4,7-8,15H2,1-2H3,(H,16,17). The lowest BCUT2D eigenvalue weighted by molar-refractivity contribution is 0.0946. The van der Waals surface area contributed by atoms with Crippen molar-refractivity contribution in [3.63, 3.8) is 0 Å². The number of amides is 1. The van der Waals surface area contributed by atoms with Gasteiger partial charge in [-0.1, -0.05) is 6.92 Å². The molecule has 0 saturated heterocycles. The summed E-state index contributed by atoms with van der Waals surface area (Å²) in [6.45, 7) is 3.98. The van der Waals surface area contributed by atoms with E-state index in [-0.39, 0.29) is 11.8 Å². The predicted molar refractivity (Wildman–Crippen MR) is 74.5 cm³/mol. The van der Waals surface area contributed by atoms with E-state index in [4.69, 9.17) is 19.9 Å². The van der Waals surface area contributed by atoms with Crippen molar-refractivity contribution >= 4 is 5.91 Å². The summed E-state index contributed by atoms with van der Waals surface area (Å²) >= 11 is 0. The minimum Gasteiger partial charge on any atom is -0.493 e. The summed E-state index contributed by atoms with van der Waals surface area (Å²) in [7, 11) is 1.53. The molecule has 0 saturated carbocycles. The summed E-state index contributed by atoms with van der Waals surface area (Å²) < 4.78 is 16.2. The number of methoxy groups -OCH3 is 1. The molecule has 0 aliphatic carbocycles. The second kappa shape index (κ2) is 6.47. The molecular formula is C14H20N2O4. The van der Waals surface area contributed by atoms with Crippen LogP contribution in [-0.4, -0.2) is 39.3 Å². The van der Waals surface area contributed by atoms with E-state index >= 15 is 0 Å². The van der Waals surface area contributed by atoms with Crippen LogP contribution in [0.3, 0.4) is 0 Å². The zero-order chi connectivity index (χ0) is 14.5. The number of carbonyl (C=O) groups excluding carboxylic acids is 1. The second-order valence-electron chi connectivity index (χ2n) is 4.75. The van der Waals surface area contributed by atoms with Crippen molar-refractivity contribution in [3.05, 3.63) is 17.7 Å². The van der Waals surface area contributed by atoms with Gasteiger partial charge in [0.15, 0.2) is 11.5 Å². The molecule has 0 radical (unpaired) electrons. The molecule has 1 heterocycles. The maximum atomic E-state index is 12.1. The highest BCUT2D eigenvalue weighted by atomic mass is 16.6. The Morgan fingerprint density at radius 2 is 2.20 bits per heavy atom. The van der Waals surface area contributed by atoms with Gasteiger partial charge in [0.25, 0.3) is 5.91 Å². The molecular weight excluding hydrogens is 260 g/mol. The summed E-state index contributed by atoms with van der Waals surface area (Å²) in [5.41, 5.74) is 6.01. The zero-order valence-corrected chi connectivity index (χ0v) is 11.8. The molecule has 0 spiro atoms. The molecule has 0 fully saturated rings. The first-order valence-corrected chi connectivity index (χ1v) is 6.61. The van der Waals surface area contributed by atoms with Crippen molar-refractivity contribution in [1.29, 1.82) is 0 Å². The number of carbonyl (C=O) groups is 1. The normalized spacial score (nSPS) is 14.6. The number of ether oxygens (including phenoxy) is 3. The monoisotopic (exact) mass is 280 g/mol. The van der Waals surface area contributed by atoms with Crippen molar-refractivity contribution < 1.29 is 19.0 Å². The van der Waals surface area contributed by atoms with Crippen LogP contribution >= 0.6 is 0 Å². The number of benzene rings is 1. The number of nitrogens with two attached hydrogens (primary N) is 1. The Morgan fingerprint density at radius 1 is 1.45 bits per heavy atom. The molecule has 6 heteroatoms. The van der Waals surface area contributed by atoms with Gasteiger partial charge in [0.1, 0.15) is 13.2 Å². The molecule has 2 rings (SSSR count). The topological polar surface area (TPSA) is 82.8 Å². The van der Waals surface area contributed by atoms with Gasteiger partial charge in [0, 0.05) is 12.1 Å². The van der Waals surface area contributed by atoms with E-state index in [0.717, 1.165) is 0 Å². The fourth-order valence-corrected chi connectivity index (χ4v) is 1.86. The van der Waals surface area contributed by atoms with Crippen LogP contribution in [0, 0.1) is 5.92 Å². The van der Waals surface area contributed by atoms with Crippen LogP contribution in [0.25, 0.3) is 0 Å². The summed E-state index contributed by atoms with van der Waals surface area (Å²) in [5, 5.41) is 2.84. The third-order valence-corrected chi connectivity index (χ3v) is 3.10. The Labute approximate surface area is 118 Å². The second-order valence-corrected chi connectivity index (χ2v) is 4.75. The van der Waals surface area contributed by atoms with Crippen LogP contribution in [0.2, 0.25) is 0 Å². The third-order valence-electron chi connectivity index (χ3n) is 3.10. The van der Waals surface area contributed by atoms with E-state index in [1.165, 1.54) is 7.11 Å². The minimum absolute atomic E-state index is 0.180. The maximum absolute atomic E-state index is 12.1. The SMILES string of the molecule is COc1cc(C(=O)NCC(C)CN)cc2c1OCCO2. The molecule has 6 nitrogen and oxygen atoms in total. The van der Waals surface area contributed by atoms with Gasteiger partial charge in [-0.2, -0.15) is 0 Å². The summed E-state index contributed by atoms with van der Waals surface area (Å²) in [6, 6.07) is 3.31. The van der Waals surface area contributed by atoms with Gasteiger partial charge >= 0.3 is 0 Å². The Bertz CT molecular complexity index is 473. The Hall–Kier alpha value is -1.95. The van der Waals surface area contributed by atoms with Crippen LogP contribution in [-0.2, 0) is 0 Å². The van der Waals surface area contributed by atoms with Crippen molar-refractivity contribution in [2.75, 3.05) is 33.4 Å². The number of rotatable bonds is 5. The Balaban J connectivity index is 2.17. The molecule has 1 amide bonds. The smallest absolute Gasteiger partial charge is 0.251 e. The molecule has 110 valence electrons. The number of hydrogen-bond acceptors (Lipinski definition) is 5. The molecule has 1 aliphatic heterocycles. The molecule has 1 atom stereocenters. The van der Waals surface area contributed by atoms with E-state index in [2.05, 4.69) is 5.32 Å². The van der Waals surface area contributed by atoms with Crippen LogP contribution in [0.15, 0.2) is 12.1 Å².